The van der Waals surface area contributed by atoms with Crippen LogP contribution in [0.15, 0.2) is 85.2 Å². The van der Waals surface area contributed by atoms with Gasteiger partial charge in [-0.1, -0.05) is 24.3 Å². The number of nitrogens with zero attached hydrogens (tertiary/aromatic N) is 4. The molecule has 13 heteroatoms. The molecule has 3 aromatic carbocycles. The molecule has 1 fully saturated rings. The zero-order valence-corrected chi connectivity index (χ0v) is 32.3. The molecule has 0 unspecified atom stereocenters. The van der Waals surface area contributed by atoms with E-state index in [1.807, 2.05) is 42.2 Å². The summed E-state index contributed by atoms with van der Waals surface area (Å²) in [5.74, 6) is 0.955. The first-order valence-electron chi connectivity index (χ1n) is 17.3. The second-order valence-electron chi connectivity index (χ2n) is 12.7. The Morgan fingerprint density at radius 1 is 0.849 bits per heavy atom. The van der Waals surface area contributed by atoms with Gasteiger partial charge >= 0.3 is 0 Å². The molecular weight excluding hydrogens is 717 g/mol. The third kappa shape index (κ3) is 11.8. The van der Waals surface area contributed by atoms with Crippen LogP contribution in [-0.2, 0) is 11.4 Å². The van der Waals surface area contributed by atoms with Crippen LogP contribution >= 0.6 is 24.8 Å². The standard InChI is InChI=1S/C40H47N5O6.2ClH/c1-29-15-18-34(37(25-29)50-24-9-5-6-14-38(46)45-22-20-43(2)21-23-45)44(3)40(48)31-16-17-33(36(26-31)49-4)42-39(47)32-12-7-8-13-35(32)51-28-30-11-10-19-41-27-30;;/h7-8,10-13,15-19,25-27H,5-6,9,14,20-24,28H2,1-4H3,(H,42,47);2*1H. The highest BCUT2D eigenvalue weighted by Crippen LogP contribution is 2.32. The van der Waals surface area contributed by atoms with Crippen molar-refractivity contribution in [3.05, 3.63) is 107 Å². The average Bonchev–Trinajstić information content (AvgIpc) is 3.15. The molecule has 5 rings (SSSR count). The number of carbonyl (C=O) groups is 3. The maximum absolute atomic E-state index is 13.7. The van der Waals surface area contributed by atoms with Crippen molar-refractivity contribution in [1.82, 2.24) is 14.8 Å². The fourth-order valence-corrected chi connectivity index (χ4v) is 5.81. The van der Waals surface area contributed by atoms with E-state index in [2.05, 4.69) is 22.2 Å². The quantitative estimate of drug-likeness (QED) is 0.128. The Hall–Kier alpha value is -4.84. The molecule has 0 atom stereocenters. The van der Waals surface area contributed by atoms with Gasteiger partial charge in [0.1, 0.15) is 23.9 Å². The summed E-state index contributed by atoms with van der Waals surface area (Å²) < 4.78 is 17.7. The van der Waals surface area contributed by atoms with Crippen molar-refractivity contribution in [1.29, 1.82) is 0 Å². The van der Waals surface area contributed by atoms with Crippen molar-refractivity contribution in [2.24, 2.45) is 0 Å². The van der Waals surface area contributed by atoms with Crippen LogP contribution in [0.1, 0.15) is 57.5 Å². The Morgan fingerprint density at radius 3 is 2.36 bits per heavy atom. The molecule has 2 heterocycles. The number of aromatic nitrogens is 1. The second-order valence-corrected chi connectivity index (χ2v) is 12.7. The van der Waals surface area contributed by atoms with Crippen molar-refractivity contribution >= 4 is 53.9 Å². The second kappa shape index (κ2) is 21.0. The highest BCUT2D eigenvalue weighted by molar-refractivity contribution is 6.09. The zero-order chi connectivity index (χ0) is 36.2. The van der Waals surface area contributed by atoms with E-state index >= 15 is 0 Å². The lowest BCUT2D eigenvalue weighted by molar-refractivity contribution is -0.132. The summed E-state index contributed by atoms with van der Waals surface area (Å²) in [5, 5.41) is 2.90. The van der Waals surface area contributed by atoms with E-state index < -0.39 is 0 Å². The van der Waals surface area contributed by atoms with Gasteiger partial charge in [0, 0.05) is 63.2 Å². The predicted molar refractivity (Wildman–Crippen MR) is 212 cm³/mol. The normalized spacial score (nSPS) is 12.5. The average molecular weight is 767 g/mol. The first-order chi connectivity index (χ1) is 24.7. The van der Waals surface area contributed by atoms with Crippen molar-refractivity contribution in [3.63, 3.8) is 0 Å². The number of piperazine rings is 1. The maximum atomic E-state index is 13.7. The number of amides is 3. The molecule has 0 aliphatic carbocycles. The van der Waals surface area contributed by atoms with Crippen LogP contribution in [0.5, 0.6) is 17.2 Å². The van der Waals surface area contributed by atoms with Gasteiger partial charge < -0.3 is 34.2 Å². The first-order valence-corrected chi connectivity index (χ1v) is 17.3. The lowest BCUT2D eigenvalue weighted by atomic mass is 10.1. The highest BCUT2D eigenvalue weighted by Gasteiger charge is 2.21. The number of benzene rings is 3. The number of nitrogens with one attached hydrogen (secondary N) is 1. The van der Waals surface area contributed by atoms with Crippen LogP contribution in [0, 0.1) is 6.92 Å². The van der Waals surface area contributed by atoms with E-state index in [1.165, 1.54) is 7.11 Å². The van der Waals surface area contributed by atoms with Crippen molar-refractivity contribution in [2.75, 3.05) is 64.2 Å². The highest BCUT2D eigenvalue weighted by atomic mass is 35.5. The topological polar surface area (TPSA) is 114 Å². The van der Waals surface area contributed by atoms with Gasteiger partial charge in [-0.2, -0.15) is 0 Å². The number of anilines is 2. The monoisotopic (exact) mass is 765 g/mol. The molecule has 1 saturated heterocycles. The van der Waals surface area contributed by atoms with Crippen molar-refractivity contribution < 1.29 is 28.6 Å². The number of rotatable bonds is 15. The van der Waals surface area contributed by atoms with Crippen LogP contribution in [0.25, 0.3) is 0 Å². The molecule has 284 valence electrons. The molecule has 11 nitrogen and oxygen atoms in total. The van der Waals surface area contributed by atoms with Crippen molar-refractivity contribution in [3.8, 4) is 17.2 Å². The molecule has 1 aromatic heterocycles. The molecule has 4 aromatic rings. The smallest absolute Gasteiger partial charge is 0.259 e. The summed E-state index contributed by atoms with van der Waals surface area (Å²) in [7, 11) is 5.27. The summed E-state index contributed by atoms with van der Waals surface area (Å²) in [6.45, 7) is 6.16. The van der Waals surface area contributed by atoms with E-state index in [1.54, 1.807) is 66.8 Å². The van der Waals surface area contributed by atoms with Gasteiger partial charge in [0.2, 0.25) is 5.91 Å². The van der Waals surface area contributed by atoms with E-state index in [0.717, 1.165) is 56.6 Å². The summed E-state index contributed by atoms with van der Waals surface area (Å²) in [4.78, 5) is 49.5. The Morgan fingerprint density at radius 2 is 1.62 bits per heavy atom. The van der Waals surface area contributed by atoms with Crippen LogP contribution < -0.4 is 24.4 Å². The zero-order valence-electron chi connectivity index (χ0n) is 30.7. The fourth-order valence-electron chi connectivity index (χ4n) is 5.81. The molecule has 0 radical (unpaired) electrons. The lowest BCUT2D eigenvalue weighted by Gasteiger charge is -2.32. The Bertz CT molecular complexity index is 1800. The Balaban J connectivity index is 0.00000378. The van der Waals surface area contributed by atoms with E-state index in [0.29, 0.717) is 52.8 Å². The molecule has 0 spiro atoms. The van der Waals surface area contributed by atoms with Crippen LogP contribution in [-0.4, -0.2) is 86.5 Å². The third-order valence-electron chi connectivity index (χ3n) is 8.88. The number of hydrogen-bond acceptors (Lipinski definition) is 8. The van der Waals surface area contributed by atoms with Gasteiger partial charge in [0.05, 0.1) is 30.7 Å². The van der Waals surface area contributed by atoms with Crippen LogP contribution in [0.2, 0.25) is 0 Å². The predicted octanol–water partition coefficient (Wildman–Crippen LogP) is 7.06. The number of halogens is 2. The number of hydrogen-bond donors (Lipinski definition) is 1. The van der Waals surface area contributed by atoms with Gasteiger partial charge in [0.15, 0.2) is 0 Å². The number of likely N-dealkylation sites (N-methyl/N-ethyl adjacent to an activating group) is 1. The minimum atomic E-state index is -0.380. The number of para-hydroxylation sites is 1. The summed E-state index contributed by atoms with van der Waals surface area (Å²) in [5.41, 5.74) is 3.67. The molecular formula is C40H49Cl2N5O6. The van der Waals surface area contributed by atoms with Gasteiger partial charge in [0.25, 0.3) is 11.8 Å². The fraction of sp³-hybridized carbons (Fsp3) is 0.350. The number of aryl methyl sites for hydroxylation is 1. The minimum Gasteiger partial charge on any atom is -0.495 e. The SMILES string of the molecule is COc1cc(C(=O)N(C)c2ccc(C)cc2OCCCCCC(=O)N2CCN(C)CC2)ccc1NC(=O)c1ccccc1OCc1cccnc1.Cl.Cl. The van der Waals surface area contributed by atoms with Crippen molar-refractivity contribution in [2.45, 2.75) is 39.2 Å². The molecule has 1 N–H and O–H groups in total. The number of unbranched alkanes of at least 4 members (excludes halogenated alkanes) is 2. The van der Waals surface area contributed by atoms with Gasteiger partial charge in [-0.25, -0.2) is 0 Å². The molecule has 0 saturated carbocycles. The number of methoxy groups -OCH3 is 1. The van der Waals surface area contributed by atoms with Crippen LogP contribution in [0.3, 0.4) is 0 Å². The molecule has 53 heavy (non-hydrogen) atoms. The number of pyridine rings is 1. The molecule has 3 amide bonds. The number of ether oxygens (including phenoxy) is 3. The summed E-state index contributed by atoms with van der Waals surface area (Å²) >= 11 is 0. The number of carbonyl (C=O) groups excluding carboxylic acids is 3. The molecule has 0 bridgehead atoms. The van der Waals surface area contributed by atoms with E-state index in [-0.39, 0.29) is 49.1 Å². The third-order valence-corrected chi connectivity index (χ3v) is 8.88. The summed E-state index contributed by atoms with van der Waals surface area (Å²) in [6, 6.07) is 21.4. The van der Waals surface area contributed by atoms with E-state index in [9.17, 15) is 14.4 Å². The van der Waals surface area contributed by atoms with E-state index in [4.69, 9.17) is 14.2 Å². The minimum absolute atomic E-state index is 0. The van der Waals surface area contributed by atoms with Gasteiger partial charge in [-0.3, -0.25) is 19.4 Å². The largest absolute Gasteiger partial charge is 0.495 e. The molecule has 1 aliphatic heterocycles. The maximum Gasteiger partial charge on any atom is 0.259 e. The van der Waals surface area contributed by atoms with Crippen LogP contribution in [0.4, 0.5) is 11.4 Å². The van der Waals surface area contributed by atoms with Gasteiger partial charge in [-0.05, 0) is 87.3 Å². The Kier molecular flexibility index (Phi) is 16.9. The lowest BCUT2D eigenvalue weighted by Crippen LogP contribution is -2.47. The molecule has 1 aliphatic rings. The first kappa shape index (κ1) is 42.6. The Labute approximate surface area is 324 Å². The summed E-state index contributed by atoms with van der Waals surface area (Å²) in [6.07, 6.45) is 6.45. The van der Waals surface area contributed by atoms with Gasteiger partial charge in [-0.15, -0.1) is 24.8 Å².